The number of hydrogen-bond donors (Lipinski definition) is 1. The molecule has 1 heterocycles. The fraction of sp³-hybridized carbons (Fsp3) is 0.381. The first-order valence-corrected chi connectivity index (χ1v) is 9.37. The average molecular weight is 354 g/mol. The number of hydrogen-bond acceptors (Lipinski definition) is 4. The van der Waals surface area contributed by atoms with Gasteiger partial charge in [-0.1, -0.05) is 13.8 Å². The molecule has 4 heteroatoms. The number of phenolic OH excluding ortho intramolecular Hbond substituents is 1. The van der Waals surface area contributed by atoms with Gasteiger partial charge in [0.2, 0.25) is 0 Å². The van der Waals surface area contributed by atoms with E-state index in [4.69, 9.17) is 4.74 Å². The van der Waals surface area contributed by atoms with Crippen molar-refractivity contribution in [3.63, 3.8) is 0 Å². The Bertz CT molecular complexity index is 904. The van der Waals surface area contributed by atoms with Crippen molar-refractivity contribution < 1.29 is 14.6 Å². The quantitative estimate of drug-likeness (QED) is 0.623. The predicted molar refractivity (Wildman–Crippen MR) is 101 cm³/mol. The number of ketones is 1. The zero-order chi connectivity index (χ0) is 17.9. The Balaban J connectivity index is 1.62. The fourth-order valence-corrected chi connectivity index (χ4v) is 5.56. The van der Waals surface area contributed by atoms with E-state index in [9.17, 15) is 9.90 Å². The van der Waals surface area contributed by atoms with Crippen LogP contribution in [0.25, 0.3) is 6.08 Å². The number of carbonyl (C=O) groups excluding carboxylic acids is 1. The number of thiophene rings is 1. The summed E-state index contributed by atoms with van der Waals surface area (Å²) in [7, 11) is 1.55. The van der Waals surface area contributed by atoms with Crippen LogP contribution in [0.4, 0.5) is 0 Å². The van der Waals surface area contributed by atoms with Crippen molar-refractivity contribution in [3.05, 3.63) is 50.7 Å². The van der Waals surface area contributed by atoms with E-state index in [1.165, 1.54) is 16.0 Å². The normalized spacial score (nSPS) is 22.7. The van der Waals surface area contributed by atoms with Crippen LogP contribution in [0.2, 0.25) is 0 Å². The first kappa shape index (κ1) is 16.4. The number of fused-ring (bicyclic) bond motifs is 3. The number of benzene rings is 1. The first-order chi connectivity index (χ1) is 11.8. The third-order valence-corrected chi connectivity index (χ3v) is 7.05. The van der Waals surface area contributed by atoms with Crippen molar-refractivity contribution in [1.29, 1.82) is 0 Å². The summed E-state index contributed by atoms with van der Waals surface area (Å²) in [5.74, 6) is 2.11. The second-order valence-corrected chi connectivity index (χ2v) is 8.84. The average Bonchev–Trinajstić information content (AvgIpc) is 2.93. The molecule has 0 saturated heterocycles. The fourth-order valence-electron chi connectivity index (χ4n) is 4.41. The van der Waals surface area contributed by atoms with Crippen molar-refractivity contribution in [2.45, 2.75) is 33.1 Å². The highest BCUT2D eigenvalue weighted by Crippen LogP contribution is 2.71. The topological polar surface area (TPSA) is 46.5 Å². The molecule has 1 aromatic heterocycles. The zero-order valence-corrected chi connectivity index (χ0v) is 15.7. The maximum atomic E-state index is 12.8. The van der Waals surface area contributed by atoms with Gasteiger partial charge < -0.3 is 9.84 Å². The zero-order valence-electron chi connectivity index (χ0n) is 14.9. The van der Waals surface area contributed by atoms with Crippen LogP contribution in [0, 0.1) is 18.3 Å². The van der Waals surface area contributed by atoms with E-state index in [2.05, 4.69) is 20.8 Å². The molecular weight excluding hydrogens is 332 g/mol. The van der Waals surface area contributed by atoms with E-state index in [1.54, 1.807) is 48.8 Å². The Hall–Kier alpha value is -2.07. The summed E-state index contributed by atoms with van der Waals surface area (Å²) in [4.78, 5) is 15.0. The van der Waals surface area contributed by atoms with Crippen molar-refractivity contribution in [2.24, 2.45) is 11.3 Å². The molecule has 25 heavy (non-hydrogen) atoms. The van der Waals surface area contributed by atoms with Crippen molar-refractivity contribution in [1.82, 2.24) is 0 Å². The lowest BCUT2D eigenvalue weighted by atomic mass is 9.94. The summed E-state index contributed by atoms with van der Waals surface area (Å²) in [6, 6.07) is 4.89. The lowest BCUT2D eigenvalue weighted by Crippen LogP contribution is -2.03. The number of rotatable bonds is 4. The lowest BCUT2D eigenvalue weighted by molar-refractivity contribution is 0.105. The van der Waals surface area contributed by atoms with E-state index >= 15 is 0 Å². The molecule has 4 rings (SSSR count). The van der Waals surface area contributed by atoms with Crippen LogP contribution < -0.4 is 4.74 Å². The van der Waals surface area contributed by atoms with Gasteiger partial charge in [-0.05, 0) is 66.0 Å². The monoisotopic (exact) mass is 354 g/mol. The molecule has 1 fully saturated rings. The largest absolute Gasteiger partial charge is 0.508 e. The number of carbonyl (C=O) groups is 1. The van der Waals surface area contributed by atoms with Crippen molar-refractivity contribution in [2.75, 3.05) is 7.11 Å². The number of phenols is 1. The number of allylic oxidation sites excluding steroid dienone is 1. The molecule has 0 unspecified atom stereocenters. The Morgan fingerprint density at radius 3 is 2.88 bits per heavy atom. The maximum absolute atomic E-state index is 12.8. The van der Waals surface area contributed by atoms with Gasteiger partial charge >= 0.3 is 0 Å². The molecule has 1 N–H and O–H groups in total. The van der Waals surface area contributed by atoms with Gasteiger partial charge in [-0.2, -0.15) is 0 Å². The van der Waals surface area contributed by atoms with E-state index in [-0.39, 0.29) is 11.5 Å². The van der Waals surface area contributed by atoms with E-state index in [0.717, 1.165) is 16.9 Å². The third-order valence-electron chi connectivity index (χ3n) is 5.87. The van der Waals surface area contributed by atoms with Gasteiger partial charge in [0.25, 0.3) is 0 Å². The number of aryl methyl sites for hydroxylation is 1. The van der Waals surface area contributed by atoms with Crippen LogP contribution in [-0.4, -0.2) is 18.0 Å². The van der Waals surface area contributed by atoms with Crippen LogP contribution in [0.1, 0.15) is 51.0 Å². The second-order valence-electron chi connectivity index (χ2n) is 7.61. The summed E-state index contributed by atoms with van der Waals surface area (Å²) >= 11 is 1.63. The minimum Gasteiger partial charge on any atom is -0.508 e. The number of methoxy groups -OCH3 is 1. The Kier molecular flexibility index (Phi) is 3.58. The standard InChI is InChI=1S/C21H22O3S/c1-11-18-14(10-15-19(18)21(15,2)3)20(25-11)16(23)8-6-12-5-7-13(22)9-17(12)24-4/h5-9,15,19,22H,10H2,1-4H3/b8-6+/t15-,19-/m1/s1. The van der Waals surface area contributed by atoms with E-state index in [0.29, 0.717) is 23.0 Å². The smallest absolute Gasteiger partial charge is 0.196 e. The molecule has 0 radical (unpaired) electrons. The van der Waals surface area contributed by atoms with Gasteiger partial charge in [0, 0.05) is 16.5 Å². The van der Waals surface area contributed by atoms with Crippen molar-refractivity contribution in [3.8, 4) is 11.5 Å². The highest BCUT2D eigenvalue weighted by molar-refractivity contribution is 7.14. The van der Waals surface area contributed by atoms with Crippen molar-refractivity contribution >= 4 is 23.2 Å². The van der Waals surface area contributed by atoms with Gasteiger partial charge in [-0.15, -0.1) is 11.3 Å². The van der Waals surface area contributed by atoms with Gasteiger partial charge in [0.05, 0.1) is 12.0 Å². The van der Waals surface area contributed by atoms with Crippen LogP contribution in [0.5, 0.6) is 11.5 Å². The minimum absolute atomic E-state index is 0.0589. The van der Waals surface area contributed by atoms with Gasteiger partial charge in [0.1, 0.15) is 11.5 Å². The summed E-state index contributed by atoms with van der Waals surface area (Å²) in [6.45, 7) is 6.81. The molecule has 0 spiro atoms. The van der Waals surface area contributed by atoms with E-state index < -0.39 is 0 Å². The minimum atomic E-state index is 0.0589. The van der Waals surface area contributed by atoms with Crippen LogP contribution in [-0.2, 0) is 6.42 Å². The summed E-state index contributed by atoms with van der Waals surface area (Å²) in [6.07, 6.45) is 4.42. The van der Waals surface area contributed by atoms with Gasteiger partial charge in [-0.3, -0.25) is 4.79 Å². The maximum Gasteiger partial charge on any atom is 0.196 e. The molecule has 3 nitrogen and oxygen atoms in total. The molecule has 0 amide bonds. The first-order valence-electron chi connectivity index (χ1n) is 8.56. The molecular formula is C21H22O3S. The Morgan fingerprint density at radius 1 is 1.40 bits per heavy atom. The lowest BCUT2D eigenvalue weighted by Gasteiger charge is -2.09. The highest BCUT2D eigenvalue weighted by Gasteiger charge is 2.63. The molecule has 2 aromatic rings. The number of ether oxygens (including phenoxy) is 1. The van der Waals surface area contributed by atoms with Crippen LogP contribution >= 0.6 is 11.3 Å². The highest BCUT2D eigenvalue weighted by atomic mass is 32.1. The molecule has 0 aliphatic heterocycles. The SMILES string of the molecule is COc1cc(O)ccc1/C=C/C(=O)c1sc(C)c2c1C[C@@H]1[C@H]2C1(C)C. The summed E-state index contributed by atoms with van der Waals surface area (Å²) in [5, 5.41) is 9.53. The van der Waals surface area contributed by atoms with E-state index in [1.807, 2.05) is 0 Å². The third kappa shape index (κ3) is 2.43. The summed E-state index contributed by atoms with van der Waals surface area (Å²) in [5.41, 5.74) is 3.90. The molecule has 0 bridgehead atoms. The molecule has 2 aliphatic carbocycles. The Morgan fingerprint density at radius 2 is 2.16 bits per heavy atom. The van der Waals surface area contributed by atoms with Crippen LogP contribution in [0.15, 0.2) is 24.3 Å². The molecule has 130 valence electrons. The predicted octanol–water partition coefficient (Wildman–Crippen LogP) is 4.96. The van der Waals surface area contributed by atoms with Gasteiger partial charge in [-0.25, -0.2) is 0 Å². The molecule has 1 aromatic carbocycles. The van der Waals surface area contributed by atoms with Gasteiger partial charge in [0.15, 0.2) is 5.78 Å². The summed E-state index contributed by atoms with van der Waals surface area (Å²) < 4.78 is 5.27. The molecule has 2 atom stereocenters. The molecule has 2 aliphatic rings. The number of aromatic hydroxyl groups is 1. The Labute approximate surface area is 152 Å². The van der Waals surface area contributed by atoms with Crippen LogP contribution in [0.3, 0.4) is 0 Å². The second kappa shape index (κ2) is 5.46. The molecule has 1 saturated carbocycles.